The third-order valence-electron chi connectivity index (χ3n) is 3.02. The quantitative estimate of drug-likeness (QED) is 0.743. The van der Waals surface area contributed by atoms with Gasteiger partial charge in [0.15, 0.2) is 0 Å². The van der Waals surface area contributed by atoms with Gasteiger partial charge in [0, 0.05) is 0 Å². The Balaban J connectivity index is 3.21. The van der Waals surface area contributed by atoms with Crippen LogP contribution in [0.2, 0.25) is 0 Å². The number of aliphatic hydroxyl groups excluding tert-OH is 1. The SMILES string of the molecule is CCOc1ccc(C(O)C(F)(F)C(F)(F)C(F)(F)C(F)(F)F)cc1. The lowest BCUT2D eigenvalue weighted by Gasteiger charge is -2.35. The maximum Gasteiger partial charge on any atom is 0.460 e. The molecule has 0 aliphatic heterocycles. The summed E-state index contributed by atoms with van der Waals surface area (Å²) >= 11 is 0. The van der Waals surface area contributed by atoms with Gasteiger partial charge in [-0.1, -0.05) is 12.1 Å². The Morgan fingerprint density at radius 3 is 1.71 bits per heavy atom. The van der Waals surface area contributed by atoms with Gasteiger partial charge in [0.05, 0.1) is 6.61 Å². The second-order valence-corrected chi connectivity index (χ2v) is 4.67. The Bertz CT molecular complexity index is 552. The first kappa shape index (κ1) is 20.4. The average molecular weight is 370 g/mol. The van der Waals surface area contributed by atoms with Crippen LogP contribution < -0.4 is 4.74 Å². The van der Waals surface area contributed by atoms with Crippen LogP contribution in [0.25, 0.3) is 0 Å². The minimum Gasteiger partial charge on any atom is -0.494 e. The summed E-state index contributed by atoms with van der Waals surface area (Å²) in [4.78, 5) is 0. The van der Waals surface area contributed by atoms with E-state index in [1.54, 1.807) is 6.92 Å². The number of ether oxygens (including phenoxy) is 1. The standard InChI is InChI=1S/C13H11F9O2/c1-2-24-8-5-3-7(4-6-8)9(23)10(14,15)11(16,17)12(18,19)13(20,21)22/h3-6,9,23H,2H2,1H3. The van der Waals surface area contributed by atoms with Gasteiger partial charge in [-0.25, -0.2) is 0 Å². The fourth-order valence-corrected chi connectivity index (χ4v) is 1.68. The molecule has 0 fully saturated rings. The third kappa shape index (κ3) is 3.26. The van der Waals surface area contributed by atoms with Gasteiger partial charge in [-0.05, 0) is 24.6 Å². The van der Waals surface area contributed by atoms with Crippen molar-refractivity contribution < 1.29 is 49.4 Å². The van der Waals surface area contributed by atoms with Gasteiger partial charge in [-0.2, -0.15) is 39.5 Å². The van der Waals surface area contributed by atoms with Crippen LogP contribution in [0.3, 0.4) is 0 Å². The molecule has 0 bridgehead atoms. The van der Waals surface area contributed by atoms with Gasteiger partial charge in [0.25, 0.3) is 0 Å². The predicted molar refractivity (Wildman–Crippen MR) is 63.5 cm³/mol. The number of hydrogen-bond donors (Lipinski definition) is 1. The molecular formula is C13H11F9O2. The second kappa shape index (κ2) is 6.34. The van der Waals surface area contributed by atoms with Gasteiger partial charge in [-0.15, -0.1) is 0 Å². The molecule has 0 aliphatic rings. The maximum absolute atomic E-state index is 13.5. The molecule has 1 rings (SSSR count). The minimum absolute atomic E-state index is 0.0872. The van der Waals surface area contributed by atoms with Crippen molar-refractivity contribution in [1.29, 1.82) is 0 Å². The average Bonchev–Trinajstić information content (AvgIpc) is 2.46. The number of benzene rings is 1. The Kier molecular flexibility index (Phi) is 5.39. The summed E-state index contributed by atoms with van der Waals surface area (Å²) in [5, 5.41) is 9.26. The Morgan fingerprint density at radius 1 is 0.875 bits per heavy atom. The van der Waals surface area contributed by atoms with Crippen LogP contribution in [-0.2, 0) is 0 Å². The highest BCUT2D eigenvalue weighted by Gasteiger charge is 2.83. The minimum atomic E-state index is -7.05. The number of aliphatic hydroxyl groups is 1. The first-order chi connectivity index (χ1) is 10.7. The van der Waals surface area contributed by atoms with E-state index in [2.05, 4.69) is 0 Å². The normalized spacial score (nSPS) is 15.3. The van der Waals surface area contributed by atoms with Crippen LogP contribution in [0.4, 0.5) is 39.5 Å². The van der Waals surface area contributed by atoms with Gasteiger partial charge in [-0.3, -0.25) is 0 Å². The summed E-state index contributed by atoms with van der Waals surface area (Å²) in [6, 6.07) is 3.20. The molecule has 0 saturated heterocycles. The van der Waals surface area contributed by atoms with Gasteiger partial charge >= 0.3 is 23.9 Å². The molecule has 0 saturated carbocycles. The number of halogens is 9. The van der Waals surface area contributed by atoms with Gasteiger partial charge in [0.2, 0.25) is 0 Å². The molecule has 0 aliphatic carbocycles. The topological polar surface area (TPSA) is 29.5 Å². The Morgan fingerprint density at radius 2 is 1.33 bits per heavy atom. The smallest absolute Gasteiger partial charge is 0.460 e. The van der Waals surface area contributed by atoms with E-state index in [9.17, 15) is 44.6 Å². The summed E-state index contributed by atoms with van der Waals surface area (Å²) in [5.41, 5.74) is -0.985. The zero-order valence-electron chi connectivity index (χ0n) is 11.9. The van der Waals surface area contributed by atoms with Crippen molar-refractivity contribution in [1.82, 2.24) is 0 Å². The molecular weight excluding hydrogens is 359 g/mol. The molecule has 0 radical (unpaired) electrons. The lowest BCUT2D eigenvalue weighted by Crippen LogP contribution is -2.62. The van der Waals surface area contributed by atoms with E-state index in [1.807, 2.05) is 0 Å². The van der Waals surface area contributed by atoms with Crippen LogP contribution in [0.5, 0.6) is 5.75 Å². The van der Waals surface area contributed by atoms with Gasteiger partial charge < -0.3 is 9.84 Å². The molecule has 138 valence electrons. The molecule has 1 N–H and O–H groups in total. The van der Waals surface area contributed by atoms with E-state index < -0.39 is 35.6 Å². The summed E-state index contributed by atoms with van der Waals surface area (Å²) in [7, 11) is 0. The fourth-order valence-electron chi connectivity index (χ4n) is 1.68. The molecule has 1 aromatic rings. The van der Waals surface area contributed by atoms with Crippen LogP contribution in [0.15, 0.2) is 24.3 Å². The maximum atomic E-state index is 13.5. The van der Waals surface area contributed by atoms with Crippen molar-refractivity contribution in [2.75, 3.05) is 6.61 Å². The van der Waals surface area contributed by atoms with Crippen molar-refractivity contribution in [3.05, 3.63) is 29.8 Å². The van der Waals surface area contributed by atoms with E-state index in [0.717, 1.165) is 12.1 Å². The van der Waals surface area contributed by atoms with Crippen LogP contribution in [0.1, 0.15) is 18.6 Å². The van der Waals surface area contributed by atoms with E-state index in [4.69, 9.17) is 4.74 Å². The highest BCUT2D eigenvalue weighted by atomic mass is 19.4. The molecule has 1 aromatic carbocycles. The molecule has 2 nitrogen and oxygen atoms in total. The zero-order valence-corrected chi connectivity index (χ0v) is 11.9. The van der Waals surface area contributed by atoms with E-state index in [0.29, 0.717) is 12.1 Å². The van der Waals surface area contributed by atoms with E-state index in [-0.39, 0.29) is 12.4 Å². The second-order valence-electron chi connectivity index (χ2n) is 4.67. The van der Waals surface area contributed by atoms with E-state index >= 15 is 0 Å². The van der Waals surface area contributed by atoms with Crippen LogP contribution >= 0.6 is 0 Å². The van der Waals surface area contributed by atoms with E-state index in [1.165, 1.54) is 0 Å². The largest absolute Gasteiger partial charge is 0.494 e. The summed E-state index contributed by atoms with van der Waals surface area (Å²) in [6.07, 6.45) is -10.5. The molecule has 0 spiro atoms. The number of rotatable bonds is 6. The number of hydrogen-bond acceptors (Lipinski definition) is 2. The molecule has 1 atom stereocenters. The number of alkyl halides is 9. The van der Waals surface area contributed by atoms with Crippen molar-refractivity contribution in [3.63, 3.8) is 0 Å². The lowest BCUT2D eigenvalue weighted by atomic mass is 9.94. The lowest BCUT2D eigenvalue weighted by molar-refractivity contribution is -0.406. The molecule has 0 heterocycles. The van der Waals surface area contributed by atoms with Crippen LogP contribution in [0, 0.1) is 0 Å². The van der Waals surface area contributed by atoms with Crippen molar-refractivity contribution >= 4 is 0 Å². The first-order valence-electron chi connectivity index (χ1n) is 6.31. The first-order valence-corrected chi connectivity index (χ1v) is 6.31. The zero-order chi connectivity index (χ0) is 19.0. The molecule has 0 amide bonds. The highest BCUT2D eigenvalue weighted by Crippen LogP contribution is 2.56. The summed E-state index contributed by atoms with van der Waals surface area (Å²) in [5.74, 6) is -19.9. The molecule has 11 heteroatoms. The summed E-state index contributed by atoms with van der Waals surface area (Å²) < 4.78 is 120. The van der Waals surface area contributed by atoms with Crippen molar-refractivity contribution in [2.45, 2.75) is 37.0 Å². The highest BCUT2D eigenvalue weighted by molar-refractivity contribution is 5.30. The Labute approximate surface area is 129 Å². The van der Waals surface area contributed by atoms with Gasteiger partial charge in [0.1, 0.15) is 11.9 Å². The molecule has 0 aromatic heterocycles. The predicted octanol–water partition coefficient (Wildman–Crippen LogP) is 4.59. The van der Waals surface area contributed by atoms with Crippen molar-refractivity contribution in [2.24, 2.45) is 0 Å². The van der Waals surface area contributed by atoms with Crippen LogP contribution in [-0.4, -0.2) is 35.7 Å². The molecule has 1 unspecified atom stereocenters. The monoisotopic (exact) mass is 370 g/mol. The summed E-state index contributed by atoms with van der Waals surface area (Å²) in [6.45, 7) is 1.73. The molecule has 24 heavy (non-hydrogen) atoms. The Hall–Kier alpha value is -1.65. The third-order valence-corrected chi connectivity index (χ3v) is 3.02. The van der Waals surface area contributed by atoms with Crippen molar-refractivity contribution in [3.8, 4) is 5.75 Å². The fraction of sp³-hybridized carbons (Fsp3) is 0.538.